The largest absolute Gasteiger partial charge is 0.330 e. The molecule has 94 valence electrons. The molecule has 2 saturated heterocycles. The van der Waals surface area contributed by atoms with Gasteiger partial charge in [0.15, 0.2) is 0 Å². The Morgan fingerprint density at radius 3 is 2.69 bits per heavy atom. The van der Waals surface area contributed by atoms with Gasteiger partial charge < -0.3 is 10.6 Å². The van der Waals surface area contributed by atoms with E-state index in [4.69, 9.17) is 5.73 Å². The number of hydrogen-bond acceptors (Lipinski definition) is 3. The predicted molar refractivity (Wildman–Crippen MR) is 68.5 cm³/mol. The van der Waals surface area contributed by atoms with Crippen LogP contribution in [0.3, 0.4) is 0 Å². The summed E-state index contributed by atoms with van der Waals surface area (Å²) in [6.07, 6.45) is 8.06. The maximum atomic E-state index is 5.52. The number of likely N-dealkylation sites (tertiary alicyclic amines) is 1. The number of nitrogens with two attached hydrogens (primary N) is 1. The molecule has 2 atom stereocenters. The average Bonchev–Trinajstić information content (AvgIpc) is 2.51. The lowest BCUT2D eigenvalue weighted by molar-refractivity contribution is 0.217. The van der Waals surface area contributed by atoms with E-state index in [0.29, 0.717) is 0 Å². The molecule has 0 aromatic rings. The molecule has 2 bridgehead atoms. The summed E-state index contributed by atoms with van der Waals surface area (Å²) < 4.78 is 0. The molecule has 0 amide bonds. The van der Waals surface area contributed by atoms with Crippen LogP contribution in [0.15, 0.2) is 0 Å². The topological polar surface area (TPSA) is 32.5 Å². The van der Waals surface area contributed by atoms with E-state index in [1.165, 1.54) is 58.2 Å². The summed E-state index contributed by atoms with van der Waals surface area (Å²) in [7, 11) is 2.32. The van der Waals surface area contributed by atoms with Crippen molar-refractivity contribution >= 4 is 0 Å². The number of hydrogen-bond donors (Lipinski definition) is 1. The monoisotopic (exact) mass is 225 g/mol. The van der Waals surface area contributed by atoms with Gasteiger partial charge in [-0.15, -0.1) is 0 Å². The van der Waals surface area contributed by atoms with Crippen LogP contribution >= 0.6 is 0 Å². The van der Waals surface area contributed by atoms with Gasteiger partial charge in [0, 0.05) is 18.6 Å². The van der Waals surface area contributed by atoms with Gasteiger partial charge in [-0.1, -0.05) is 6.42 Å². The van der Waals surface area contributed by atoms with Gasteiger partial charge in [-0.3, -0.25) is 4.90 Å². The van der Waals surface area contributed by atoms with Crippen molar-refractivity contribution in [2.45, 2.75) is 50.6 Å². The molecule has 0 spiro atoms. The highest BCUT2D eigenvalue weighted by molar-refractivity contribution is 4.90. The SMILES string of the molecule is CN1C2CCC1CN(CCCCCN)CC2. The van der Waals surface area contributed by atoms with Crippen LogP contribution in [0.1, 0.15) is 38.5 Å². The van der Waals surface area contributed by atoms with Crippen LogP contribution < -0.4 is 5.73 Å². The molecule has 0 radical (unpaired) electrons. The first-order chi connectivity index (χ1) is 7.81. The minimum absolute atomic E-state index is 0.835. The van der Waals surface area contributed by atoms with Gasteiger partial charge in [-0.25, -0.2) is 0 Å². The van der Waals surface area contributed by atoms with Crippen LogP contribution in [0.2, 0.25) is 0 Å². The maximum absolute atomic E-state index is 5.52. The smallest absolute Gasteiger partial charge is 0.0223 e. The van der Waals surface area contributed by atoms with Gasteiger partial charge in [0.25, 0.3) is 0 Å². The summed E-state index contributed by atoms with van der Waals surface area (Å²) in [6.45, 7) is 4.76. The Balaban J connectivity index is 1.71. The highest BCUT2D eigenvalue weighted by Gasteiger charge is 2.34. The lowest BCUT2D eigenvalue weighted by atomic mass is 10.1. The van der Waals surface area contributed by atoms with Crippen molar-refractivity contribution in [1.29, 1.82) is 0 Å². The summed E-state index contributed by atoms with van der Waals surface area (Å²) >= 11 is 0. The van der Waals surface area contributed by atoms with E-state index in [0.717, 1.165) is 18.6 Å². The van der Waals surface area contributed by atoms with E-state index in [9.17, 15) is 0 Å². The van der Waals surface area contributed by atoms with Crippen molar-refractivity contribution < 1.29 is 0 Å². The van der Waals surface area contributed by atoms with Crippen LogP contribution in [-0.4, -0.2) is 55.1 Å². The Labute approximate surface area is 100.0 Å². The minimum atomic E-state index is 0.835. The Bertz CT molecular complexity index is 207. The second-order valence-electron chi connectivity index (χ2n) is 5.49. The van der Waals surface area contributed by atoms with Gasteiger partial charge >= 0.3 is 0 Å². The molecule has 2 fully saturated rings. The standard InChI is InChI=1S/C13H27N3/c1-15-12-5-6-13(15)11-16(10-7-12)9-4-2-3-8-14/h12-13H,2-11,14H2,1H3. The first-order valence-electron chi connectivity index (χ1n) is 6.95. The first-order valence-corrected chi connectivity index (χ1v) is 6.95. The molecule has 0 saturated carbocycles. The van der Waals surface area contributed by atoms with Crippen LogP contribution in [0, 0.1) is 0 Å². The zero-order valence-corrected chi connectivity index (χ0v) is 10.7. The van der Waals surface area contributed by atoms with E-state index < -0.39 is 0 Å². The van der Waals surface area contributed by atoms with Crippen molar-refractivity contribution in [1.82, 2.24) is 9.80 Å². The number of unbranched alkanes of at least 4 members (excludes halogenated alkanes) is 2. The third kappa shape index (κ3) is 2.96. The molecular weight excluding hydrogens is 198 g/mol. The van der Waals surface area contributed by atoms with Crippen molar-refractivity contribution in [3.63, 3.8) is 0 Å². The van der Waals surface area contributed by atoms with Crippen LogP contribution in [0.25, 0.3) is 0 Å². The molecule has 16 heavy (non-hydrogen) atoms. The highest BCUT2D eigenvalue weighted by atomic mass is 15.3. The van der Waals surface area contributed by atoms with Crippen molar-refractivity contribution in [2.24, 2.45) is 5.73 Å². The molecule has 0 aromatic carbocycles. The normalized spacial score (nSPS) is 31.9. The second-order valence-corrected chi connectivity index (χ2v) is 5.49. The molecule has 3 heteroatoms. The molecule has 0 aliphatic carbocycles. The summed E-state index contributed by atoms with van der Waals surface area (Å²) in [5, 5.41) is 0. The summed E-state index contributed by atoms with van der Waals surface area (Å²) in [5.74, 6) is 0. The third-order valence-corrected chi connectivity index (χ3v) is 4.41. The predicted octanol–water partition coefficient (Wildman–Crippen LogP) is 1.28. The first kappa shape index (κ1) is 12.3. The number of rotatable bonds is 5. The second kappa shape index (κ2) is 5.99. The zero-order valence-electron chi connectivity index (χ0n) is 10.7. The minimum Gasteiger partial charge on any atom is -0.330 e. The molecule has 0 aromatic heterocycles. The van der Waals surface area contributed by atoms with Gasteiger partial charge in [0.1, 0.15) is 0 Å². The van der Waals surface area contributed by atoms with E-state index in [1.807, 2.05) is 0 Å². The third-order valence-electron chi connectivity index (χ3n) is 4.41. The van der Waals surface area contributed by atoms with Gasteiger partial charge in [0.2, 0.25) is 0 Å². The Morgan fingerprint density at radius 2 is 1.88 bits per heavy atom. The van der Waals surface area contributed by atoms with Gasteiger partial charge in [0.05, 0.1) is 0 Å². The van der Waals surface area contributed by atoms with E-state index in [1.54, 1.807) is 0 Å². The summed E-state index contributed by atoms with van der Waals surface area (Å²) in [5.41, 5.74) is 5.52. The fraction of sp³-hybridized carbons (Fsp3) is 1.00. The molecular formula is C13H27N3. The average molecular weight is 225 g/mol. The zero-order chi connectivity index (χ0) is 11.4. The summed E-state index contributed by atoms with van der Waals surface area (Å²) in [6, 6.07) is 1.71. The molecule has 2 unspecified atom stereocenters. The van der Waals surface area contributed by atoms with Crippen molar-refractivity contribution in [2.75, 3.05) is 33.2 Å². The number of nitrogens with zero attached hydrogens (tertiary/aromatic N) is 2. The highest BCUT2D eigenvalue weighted by Crippen LogP contribution is 2.28. The quantitative estimate of drug-likeness (QED) is 0.716. The summed E-state index contributed by atoms with van der Waals surface area (Å²) in [4.78, 5) is 5.30. The molecule has 2 aliphatic rings. The van der Waals surface area contributed by atoms with Crippen LogP contribution in [0.5, 0.6) is 0 Å². The molecule has 3 nitrogen and oxygen atoms in total. The Hall–Kier alpha value is -0.120. The van der Waals surface area contributed by atoms with Crippen molar-refractivity contribution in [3.8, 4) is 0 Å². The fourth-order valence-corrected chi connectivity index (χ4v) is 3.24. The molecule has 2 rings (SSSR count). The van der Waals surface area contributed by atoms with Gasteiger partial charge in [-0.05, 0) is 58.8 Å². The Kier molecular flexibility index (Phi) is 4.62. The van der Waals surface area contributed by atoms with Gasteiger partial charge in [-0.2, -0.15) is 0 Å². The van der Waals surface area contributed by atoms with Crippen LogP contribution in [0.4, 0.5) is 0 Å². The molecule has 2 aliphatic heterocycles. The number of fused-ring (bicyclic) bond motifs is 2. The van der Waals surface area contributed by atoms with E-state index in [2.05, 4.69) is 16.8 Å². The Morgan fingerprint density at radius 1 is 1.06 bits per heavy atom. The van der Waals surface area contributed by atoms with Crippen molar-refractivity contribution in [3.05, 3.63) is 0 Å². The lowest BCUT2D eigenvalue weighted by Gasteiger charge is -2.25. The molecule has 2 N–H and O–H groups in total. The number of likely N-dealkylation sites (N-methyl/N-ethyl adjacent to an activating group) is 1. The van der Waals surface area contributed by atoms with E-state index in [-0.39, 0.29) is 0 Å². The van der Waals surface area contributed by atoms with Crippen LogP contribution in [-0.2, 0) is 0 Å². The van der Waals surface area contributed by atoms with E-state index >= 15 is 0 Å². The lowest BCUT2D eigenvalue weighted by Crippen LogP contribution is -2.37. The maximum Gasteiger partial charge on any atom is 0.0223 e. The fourth-order valence-electron chi connectivity index (χ4n) is 3.24. The molecule has 2 heterocycles.